The number of aromatic nitrogens is 2. The average molecular weight is 223 g/mol. The molecule has 0 bridgehead atoms. The molecule has 1 N–H and O–H groups in total. The Hall–Kier alpha value is -0.830. The zero-order valence-corrected chi connectivity index (χ0v) is 11.3. The summed E-state index contributed by atoms with van der Waals surface area (Å²) >= 11 is 0. The van der Waals surface area contributed by atoms with Gasteiger partial charge >= 0.3 is 0 Å². The van der Waals surface area contributed by atoms with Gasteiger partial charge in [0.25, 0.3) is 0 Å². The van der Waals surface area contributed by atoms with Crippen molar-refractivity contribution in [3.63, 3.8) is 0 Å². The second kappa shape index (κ2) is 6.04. The predicted octanol–water partition coefficient (Wildman–Crippen LogP) is 2.31. The second-order valence-corrected chi connectivity index (χ2v) is 4.74. The molecule has 1 unspecified atom stereocenters. The van der Waals surface area contributed by atoms with Crippen LogP contribution < -0.4 is 5.32 Å². The molecule has 0 amide bonds. The number of hydrogen-bond acceptors (Lipinski definition) is 2. The van der Waals surface area contributed by atoms with Crippen LogP contribution in [0, 0.1) is 19.8 Å². The number of rotatable bonds is 6. The van der Waals surface area contributed by atoms with Gasteiger partial charge in [0.1, 0.15) is 0 Å². The summed E-state index contributed by atoms with van der Waals surface area (Å²) in [6.45, 7) is 10.9. The van der Waals surface area contributed by atoms with Crippen molar-refractivity contribution >= 4 is 0 Å². The monoisotopic (exact) mass is 223 g/mol. The molecule has 0 fully saturated rings. The molecule has 3 heteroatoms. The van der Waals surface area contributed by atoms with Gasteiger partial charge in [-0.15, -0.1) is 0 Å². The lowest BCUT2D eigenvalue weighted by Gasteiger charge is -2.11. The van der Waals surface area contributed by atoms with Crippen LogP contribution in [0.15, 0.2) is 0 Å². The molecule has 16 heavy (non-hydrogen) atoms. The molecule has 1 aromatic heterocycles. The molecular weight excluding hydrogens is 198 g/mol. The molecule has 0 aromatic carbocycles. The standard InChI is InChI=1S/C13H25N3/c1-6-7-16-12(4)13(11(3)15-16)8-10(2)9-14-5/h10,14H,6-9H2,1-5H3. The topological polar surface area (TPSA) is 29.9 Å². The molecule has 92 valence electrons. The van der Waals surface area contributed by atoms with Gasteiger partial charge < -0.3 is 5.32 Å². The summed E-state index contributed by atoms with van der Waals surface area (Å²) in [7, 11) is 2.01. The van der Waals surface area contributed by atoms with Crippen LogP contribution in [-0.4, -0.2) is 23.4 Å². The third kappa shape index (κ3) is 3.08. The van der Waals surface area contributed by atoms with Crippen molar-refractivity contribution in [1.29, 1.82) is 0 Å². The molecule has 0 aliphatic carbocycles. The summed E-state index contributed by atoms with van der Waals surface area (Å²) < 4.78 is 2.15. The lowest BCUT2D eigenvalue weighted by Crippen LogP contribution is -2.18. The van der Waals surface area contributed by atoms with Crippen LogP contribution in [0.5, 0.6) is 0 Å². The van der Waals surface area contributed by atoms with Gasteiger partial charge in [0, 0.05) is 12.2 Å². The SMILES string of the molecule is CCCn1nc(C)c(CC(C)CNC)c1C. The molecule has 0 aliphatic heterocycles. The molecule has 1 heterocycles. The summed E-state index contributed by atoms with van der Waals surface area (Å²) in [5, 5.41) is 7.84. The fraction of sp³-hybridized carbons (Fsp3) is 0.769. The summed E-state index contributed by atoms with van der Waals surface area (Å²) in [5.74, 6) is 0.668. The Kier molecular flexibility index (Phi) is 5.00. The van der Waals surface area contributed by atoms with Crippen molar-refractivity contribution in [2.45, 2.75) is 47.1 Å². The number of hydrogen-bond donors (Lipinski definition) is 1. The molecule has 1 aromatic rings. The van der Waals surface area contributed by atoms with Crippen LogP contribution >= 0.6 is 0 Å². The number of aryl methyl sites for hydroxylation is 2. The largest absolute Gasteiger partial charge is 0.319 e. The molecular formula is C13H25N3. The van der Waals surface area contributed by atoms with Crippen LogP contribution in [0.2, 0.25) is 0 Å². The molecule has 0 saturated carbocycles. The summed E-state index contributed by atoms with van der Waals surface area (Å²) in [5.41, 5.74) is 3.99. The van der Waals surface area contributed by atoms with Crippen molar-refractivity contribution in [3.05, 3.63) is 17.0 Å². The van der Waals surface area contributed by atoms with Gasteiger partial charge in [0.15, 0.2) is 0 Å². The van der Waals surface area contributed by atoms with E-state index in [1.165, 1.54) is 17.0 Å². The van der Waals surface area contributed by atoms with Gasteiger partial charge in [-0.3, -0.25) is 4.68 Å². The van der Waals surface area contributed by atoms with E-state index in [2.05, 4.69) is 42.8 Å². The highest BCUT2D eigenvalue weighted by Crippen LogP contribution is 2.17. The highest BCUT2D eigenvalue weighted by Gasteiger charge is 2.13. The summed E-state index contributed by atoms with van der Waals surface area (Å²) in [6, 6.07) is 0. The molecule has 0 saturated heterocycles. The van der Waals surface area contributed by atoms with E-state index >= 15 is 0 Å². The molecule has 3 nitrogen and oxygen atoms in total. The summed E-state index contributed by atoms with van der Waals surface area (Å²) in [6.07, 6.45) is 2.27. The Morgan fingerprint density at radius 1 is 1.38 bits per heavy atom. The Balaban J connectivity index is 2.79. The zero-order valence-electron chi connectivity index (χ0n) is 11.3. The Labute approximate surface area is 99.2 Å². The smallest absolute Gasteiger partial charge is 0.0628 e. The molecule has 0 aliphatic rings. The average Bonchev–Trinajstić information content (AvgIpc) is 2.47. The third-order valence-corrected chi connectivity index (χ3v) is 3.07. The van der Waals surface area contributed by atoms with Gasteiger partial charge in [-0.05, 0) is 51.8 Å². The molecule has 0 spiro atoms. The van der Waals surface area contributed by atoms with Gasteiger partial charge in [-0.25, -0.2) is 0 Å². The molecule has 1 atom stereocenters. The van der Waals surface area contributed by atoms with Crippen molar-refractivity contribution in [1.82, 2.24) is 15.1 Å². The predicted molar refractivity (Wildman–Crippen MR) is 68.8 cm³/mol. The maximum Gasteiger partial charge on any atom is 0.0628 e. The van der Waals surface area contributed by atoms with E-state index in [0.717, 1.165) is 25.9 Å². The minimum absolute atomic E-state index is 0.668. The summed E-state index contributed by atoms with van der Waals surface area (Å²) in [4.78, 5) is 0. The van der Waals surface area contributed by atoms with Gasteiger partial charge in [0.2, 0.25) is 0 Å². The first-order valence-corrected chi connectivity index (χ1v) is 6.27. The quantitative estimate of drug-likeness (QED) is 0.802. The van der Waals surface area contributed by atoms with E-state index in [1.807, 2.05) is 7.05 Å². The van der Waals surface area contributed by atoms with Crippen molar-refractivity contribution in [2.24, 2.45) is 5.92 Å². The second-order valence-electron chi connectivity index (χ2n) is 4.74. The first-order valence-electron chi connectivity index (χ1n) is 6.27. The van der Waals surface area contributed by atoms with E-state index in [0.29, 0.717) is 5.92 Å². The zero-order chi connectivity index (χ0) is 12.1. The highest BCUT2D eigenvalue weighted by molar-refractivity contribution is 5.25. The lowest BCUT2D eigenvalue weighted by molar-refractivity contribution is 0.537. The normalized spacial score (nSPS) is 13.1. The van der Waals surface area contributed by atoms with Crippen molar-refractivity contribution in [3.8, 4) is 0 Å². The first kappa shape index (κ1) is 13.2. The van der Waals surface area contributed by atoms with Crippen LogP contribution in [0.3, 0.4) is 0 Å². The minimum Gasteiger partial charge on any atom is -0.319 e. The lowest BCUT2D eigenvalue weighted by atomic mass is 10.00. The van der Waals surface area contributed by atoms with Crippen LogP contribution in [0.1, 0.15) is 37.2 Å². The molecule has 1 rings (SSSR count). The van der Waals surface area contributed by atoms with Gasteiger partial charge in [0.05, 0.1) is 5.69 Å². The fourth-order valence-electron chi connectivity index (χ4n) is 2.23. The maximum absolute atomic E-state index is 4.61. The van der Waals surface area contributed by atoms with E-state index in [9.17, 15) is 0 Å². The Morgan fingerprint density at radius 3 is 2.62 bits per heavy atom. The van der Waals surface area contributed by atoms with Crippen LogP contribution in [-0.2, 0) is 13.0 Å². The minimum atomic E-state index is 0.668. The fourth-order valence-corrected chi connectivity index (χ4v) is 2.23. The highest BCUT2D eigenvalue weighted by atomic mass is 15.3. The Morgan fingerprint density at radius 2 is 2.06 bits per heavy atom. The van der Waals surface area contributed by atoms with E-state index in [1.54, 1.807) is 0 Å². The van der Waals surface area contributed by atoms with E-state index in [-0.39, 0.29) is 0 Å². The van der Waals surface area contributed by atoms with E-state index in [4.69, 9.17) is 0 Å². The Bertz CT molecular complexity index is 328. The number of nitrogens with one attached hydrogen (secondary N) is 1. The maximum atomic E-state index is 4.61. The van der Waals surface area contributed by atoms with Crippen molar-refractivity contribution in [2.75, 3.05) is 13.6 Å². The molecule has 0 radical (unpaired) electrons. The van der Waals surface area contributed by atoms with Crippen LogP contribution in [0.25, 0.3) is 0 Å². The van der Waals surface area contributed by atoms with Crippen LogP contribution in [0.4, 0.5) is 0 Å². The van der Waals surface area contributed by atoms with Gasteiger partial charge in [-0.1, -0.05) is 13.8 Å². The van der Waals surface area contributed by atoms with Gasteiger partial charge in [-0.2, -0.15) is 5.10 Å². The first-order chi connectivity index (χ1) is 7.60. The number of nitrogens with zero attached hydrogens (tertiary/aromatic N) is 2. The van der Waals surface area contributed by atoms with E-state index < -0.39 is 0 Å². The van der Waals surface area contributed by atoms with Crippen molar-refractivity contribution < 1.29 is 0 Å². The third-order valence-electron chi connectivity index (χ3n) is 3.07.